The molecular weight excluding hydrogens is 254 g/mol. The van der Waals surface area contributed by atoms with Crippen molar-refractivity contribution in [2.24, 2.45) is 0 Å². The Morgan fingerprint density at radius 2 is 1.67 bits per heavy atom. The Morgan fingerprint density at radius 1 is 1.22 bits per heavy atom. The summed E-state index contributed by atoms with van der Waals surface area (Å²) >= 11 is 0. The number of aliphatic carboxylic acids is 1. The van der Waals surface area contributed by atoms with Crippen LogP contribution in [-0.4, -0.2) is 26.7 Å². The Balaban J connectivity index is 3.40. The largest absolute Gasteiger partial charge is 0.548 e. The van der Waals surface area contributed by atoms with Crippen molar-refractivity contribution in [3.8, 4) is 0 Å². The number of rotatable bonds is 4. The molecule has 0 amide bonds. The van der Waals surface area contributed by atoms with E-state index in [1.165, 1.54) is 6.92 Å². The summed E-state index contributed by atoms with van der Waals surface area (Å²) < 4.78 is 24.3. The lowest BCUT2D eigenvalue weighted by Crippen LogP contribution is -2.48. The number of anilines is 1. The average molecular weight is 270 g/mol. The lowest BCUT2D eigenvalue weighted by atomic mass is 10.1. The highest BCUT2D eigenvalue weighted by molar-refractivity contribution is 7.92. The fraction of sp³-hybridized carbons (Fsp3) is 0.417. The molecule has 0 aliphatic rings. The fourth-order valence-corrected chi connectivity index (χ4v) is 3.02. The number of hydrogen-bond acceptors (Lipinski definition) is 4. The molecule has 0 heterocycles. The topological polar surface area (TPSA) is 77.5 Å². The number of carboxylic acids is 1. The fourth-order valence-electron chi connectivity index (χ4n) is 1.88. The van der Waals surface area contributed by atoms with Crippen molar-refractivity contribution in [1.82, 2.24) is 0 Å². The molecule has 0 N–H and O–H groups in total. The first-order chi connectivity index (χ1) is 8.12. The average Bonchev–Trinajstić information content (AvgIpc) is 2.13. The van der Waals surface area contributed by atoms with Gasteiger partial charge < -0.3 is 9.90 Å². The van der Waals surface area contributed by atoms with E-state index in [9.17, 15) is 18.3 Å². The molecule has 0 saturated carbocycles. The van der Waals surface area contributed by atoms with E-state index in [0.717, 1.165) is 21.7 Å². The molecule has 0 spiro atoms. The van der Waals surface area contributed by atoms with E-state index in [1.54, 1.807) is 12.1 Å². The third-order valence-corrected chi connectivity index (χ3v) is 3.75. The van der Waals surface area contributed by atoms with Gasteiger partial charge in [-0.1, -0.05) is 6.07 Å². The van der Waals surface area contributed by atoms with Gasteiger partial charge in [0.2, 0.25) is 10.0 Å². The van der Waals surface area contributed by atoms with Crippen LogP contribution in [0, 0.1) is 13.8 Å². The molecule has 0 aliphatic heterocycles. The van der Waals surface area contributed by atoms with Crippen LogP contribution in [0.1, 0.15) is 18.1 Å². The first-order valence-corrected chi connectivity index (χ1v) is 7.26. The van der Waals surface area contributed by atoms with Crippen LogP contribution >= 0.6 is 0 Å². The van der Waals surface area contributed by atoms with Crippen molar-refractivity contribution < 1.29 is 18.3 Å². The summed E-state index contributed by atoms with van der Waals surface area (Å²) in [6.45, 7) is 4.93. The second kappa shape index (κ2) is 4.97. The van der Waals surface area contributed by atoms with Crippen molar-refractivity contribution in [3.63, 3.8) is 0 Å². The van der Waals surface area contributed by atoms with Crippen molar-refractivity contribution in [2.45, 2.75) is 26.8 Å². The zero-order valence-corrected chi connectivity index (χ0v) is 11.6. The maximum atomic E-state index is 11.7. The molecule has 0 saturated heterocycles. The van der Waals surface area contributed by atoms with Gasteiger partial charge in [-0.15, -0.1) is 0 Å². The first-order valence-electron chi connectivity index (χ1n) is 5.41. The number of aryl methyl sites for hydroxylation is 2. The van der Waals surface area contributed by atoms with Crippen LogP contribution in [-0.2, 0) is 14.8 Å². The van der Waals surface area contributed by atoms with Gasteiger partial charge in [0, 0.05) is 0 Å². The molecule has 1 rings (SSSR count). The van der Waals surface area contributed by atoms with E-state index < -0.39 is 22.0 Å². The van der Waals surface area contributed by atoms with Gasteiger partial charge in [-0.2, -0.15) is 0 Å². The Morgan fingerprint density at radius 3 is 2.00 bits per heavy atom. The maximum absolute atomic E-state index is 11.7. The predicted molar refractivity (Wildman–Crippen MR) is 67.7 cm³/mol. The summed E-state index contributed by atoms with van der Waals surface area (Å²) in [6.07, 6.45) is 0.976. The molecule has 0 bridgehead atoms. The minimum atomic E-state index is -3.68. The standard InChI is InChI=1S/C12H17NO4S/c1-8-5-9(2)7-11(6-8)13(18(4,16)17)10(3)12(14)15/h5-7,10H,1-4H3,(H,14,15)/p-1/t10-/m1/s1. The minimum absolute atomic E-state index is 0.340. The monoisotopic (exact) mass is 270 g/mol. The summed E-state index contributed by atoms with van der Waals surface area (Å²) in [5, 5.41) is 10.9. The van der Waals surface area contributed by atoms with Crippen LogP contribution in [0.2, 0.25) is 0 Å². The zero-order valence-electron chi connectivity index (χ0n) is 10.8. The van der Waals surface area contributed by atoms with Crippen LogP contribution in [0.3, 0.4) is 0 Å². The molecule has 0 aliphatic carbocycles. The normalized spacial score (nSPS) is 13.1. The maximum Gasteiger partial charge on any atom is 0.232 e. The number of hydrogen-bond donors (Lipinski definition) is 0. The van der Waals surface area contributed by atoms with Gasteiger partial charge in [0.1, 0.15) is 0 Å². The van der Waals surface area contributed by atoms with E-state index in [-0.39, 0.29) is 0 Å². The lowest BCUT2D eigenvalue weighted by molar-refractivity contribution is -0.306. The molecule has 0 fully saturated rings. The Kier molecular flexibility index (Phi) is 4.01. The molecule has 5 nitrogen and oxygen atoms in total. The Hall–Kier alpha value is -1.56. The highest BCUT2D eigenvalue weighted by Gasteiger charge is 2.24. The number of carboxylic acid groups (broad SMARTS) is 1. The highest BCUT2D eigenvalue weighted by Crippen LogP contribution is 2.23. The molecule has 0 aromatic heterocycles. The van der Waals surface area contributed by atoms with Crippen LogP contribution < -0.4 is 9.41 Å². The Labute approximate surface area is 107 Å². The second-order valence-electron chi connectivity index (χ2n) is 4.40. The van der Waals surface area contributed by atoms with Crippen LogP contribution in [0.4, 0.5) is 5.69 Å². The van der Waals surface area contributed by atoms with E-state index in [0.29, 0.717) is 5.69 Å². The summed E-state index contributed by atoms with van der Waals surface area (Å²) in [5.74, 6) is -1.43. The van der Waals surface area contributed by atoms with Gasteiger partial charge in [0.05, 0.1) is 24.0 Å². The number of benzene rings is 1. The van der Waals surface area contributed by atoms with Crippen molar-refractivity contribution >= 4 is 21.7 Å². The van der Waals surface area contributed by atoms with E-state index in [1.807, 2.05) is 19.9 Å². The van der Waals surface area contributed by atoms with E-state index in [4.69, 9.17) is 0 Å². The van der Waals surface area contributed by atoms with Crippen molar-refractivity contribution in [2.75, 3.05) is 10.6 Å². The third-order valence-electron chi connectivity index (χ3n) is 2.51. The van der Waals surface area contributed by atoms with Gasteiger partial charge in [-0.05, 0) is 44.0 Å². The number of carbonyl (C=O) groups excluding carboxylic acids is 1. The molecule has 1 atom stereocenters. The van der Waals surface area contributed by atoms with Crippen LogP contribution in [0.5, 0.6) is 0 Å². The highest BCUT2D eigenvalue weighted by atomic mass is 32.2. The summed E-state index contributed by atoms with van der Waals surface area (Å²) in [5.41, 5.74) is 2.07. The van der Waals surface area contributed by atoms with E-state index >= 15 is 0 Å². The number of sulfonamides is 1. The van der Waals surface area contributed by atoms with Gasteiger partial charge in [-0.3, -0.25) is 4.31 Å². The molecule has 6 heteroatoms. The lowest BCUT2D eigenvalue weighted by Gasteiger charge is -2.30. The molecule has 0 radical (unpaired) electrons. The van der Waals surface area contributed by atoms with Crippen molar-refractivity contribution in [3.05, 3.63) is 29.3 Å². The van der Waals surface area contributed by atoms with Gasteiger partial charge >= 0.3 is 0 Å². The first kappa shape index (κ1) is 14.5. The van der Waals surface area contributed by atoms with E-state index in [2.05, 4.69) is 0 Å². The van der Waals surface area contributed by atoms with Crippen LogP contribution in [0.25, 0.3) is 0 Å². The number of carbonyl (C=O) groups is 1. The second-order valence-corrected chi connectivity index (χ2v) is 6.26. The summed E-state index contributed by atoms with van der Waals surface area (Å²) in [6, 6.07) is 3.90. The van der Waals surface area contributed by atoms with Gasteiger partial charge in [0.15, 0.2) is 0 Å². The van der Waals surface area contributed by atoms with Crippen LogP contribution in [0.15, 0.2) is 18.2 Å². The third kappa shape index (κ3) is 3.22. The molecular formula is C12H16NO4S-. The minimum Gasteiger partial charge on any atom is -0.548 e. The number of nitrogens with zero attached hydrogens (tertiary/aromatic N) is 1. The molecule has 18 heavy (non-hydrogen) atoms. The molecule has 100 valence electrons. The quantitative estimate of drug-likeness (QED) is 0.783. The molecule has 1 aromatic rings. The SMILES string of the molecule is Cc1cc(C)cc(N([C@H](C)C(=O)[O-])S(C)(=O)=O)c1. The zero-order chi connectivity index (χ0) is 14.1. The van der Waals surface area contributed by atoms with Gasteiger partial charge in [-0.25, -0.2) is 8.42 Å². The summed E-state index contributed by atoms with van der Waals surface area (Å²) in [7, 11) is -3.68. The smallest absolute Gasteiger partial charge is 0.232 e. The molecule has 0 unspecified atom stereocenters. The van der Waals surface area contributed by atoms with Crippen molar-refractivity contribution in [1.29, 1.82) is 0 Å². The Bertz CT molecular complexity index is 545. The molecule has 1 aromatic carbocycles. The van der Waals surface area contributed by atoms with Gasteiger partial charge in [0.25, 0.3) is 0 Å². The summed E-state index contributed by atoms with van der Waals surface area (Å²) in [4.78, 5) is 10.9. The predicted octanol–water partition coefficient (Wildman–Crippen LogP) is 0.208.